The predicted molar refractivity (Wildman–Crippen MR) is 50.8 cm³/mol. The topological polar surface area (TPSA) is 0 Å². The molecule has 1 atom stereocenters. The molecule has 0 spiro atoms. The summed E-state index contributed by atoms with van der Waals surface area (Å²) in [7, 11) is 0. The highest BCUT2D eigenvalue weighted by molar-refractivity contribution is 8.00. The standard InChI is InChI=1S/C10H10S/c1-8-6-7-9-4-2-3-5-10(9)11-8/h2-8H,1H3. The SMILES string of the molecule is CC1C=Cc2ccccc2S1. The lowest BCUT2D eigenvalue weighted by atomic mass is 10.2. The summed E-state index contributed by atoms with van der Waals surface area (Å²) in [5, 5.41) is 0.630. The average molecular weight is 162 g/mol. The first-order valence-electron chi connectivity index (χ1n) is 3.80. The molecule has 1 aromatic rings. The lowest BCUT2D eigenvalue weighted by Gasteiger charge is -2.13. The predicted octanol–water partition coefficient (Wildman–Crippen LogP) is 3.19. The Morgan fingerprint density at radius 1 is 1.27 bits per heavy atom. The van der Waals surface area contributed by atoms with E-state index in [9.17, 15) is 0 Å². The summed E-state index contributed by atoms with van der Waals surface area (Å²) in [5.74, 6) is 0. The van der Waals surface area contributed by atoms with E-state index in [0.29, 0.717) is 5.25 Å². The minimum absolute atomic E-state index is 0.630. The molecule has 1 aliphatic heterocycles. The van der Waals surface area contributed by atoms with Crippen molar-refractivity contribution in [1.29, 1.82) is 0 Å². The van der Waals surface area contributed by atoms with Crippen molar-refractivity contribution in [2.24, 2.45) is 0 Å². The Bertz CT molecular complexity index is 289. The molecule has 0 nitrogen and oxygen atoms in total. The van der Waals surface area contributed by atoms with Gasteiger partial charge < -0.3 is 0 Å². The zero-order valence-corrected chi connectivity index (χ0v) is 7.27. The van der Waals surface area contributed by atoms with Gasteiger partial charge in [0.05, 0.1) is 0 Å². The van der Waals surface area contributed by atoms with Crippen LogP contribution < -0.4 is 0 Å². The summed E-state index contributed by atoms with van der Waals surface area (Å²) in [5.41, 5.74) is 1.36. The summed E-state index contributed by atoms with van der Waals surface area (Å²) in [6.07, 6.45) is 4.45. The maximum Gasteiger partial charge on any atom is 0.0249 e. The molecule has 0 aromatic heterocycles. The molecule has 1 aromatic carbocycles. The molecule has 11 heavy (non-hydrogen) atoms. The Morgan fingerprint density at radius 3 is 3.00 bits per heavy atom. The van der Waals surface area contributed by atoms with E-state index in [2.05, 4.69) is 43.3 Å². The first kappa shape index (κ1) is 6.99. The van der Waals surface area contributed by atoms with Crippen LogP contribution in [-0.2, 0) is 0 Å². The van der Waals surface area contributed by atoms with Crippen molar-refractivity contribution < 1.29 is 0 Å². The van der Waals surface area contributed by atoms with Crippen molar-refractivity contribution in [2.75, 3.05) is 0 Å². The van der Waals surface area contributed by atoms with Gasteiger partial charge in [-0.1, -0.05) is 30.4 Å². The van der Waals surface area contributed by atoms with Crippen molar-refractivity contribution in [3.05, 3.63) is 35.9 Å². The Hall–Kier alpha value is -0.690. The minimum Gasteiger partial charge on any atom is -0.118 e. The van der Waals surface area contributed by atoms with E-state index in [1.165, 1.54) is 10.5 Å². The zero-order valence-electron chi connectivity index (χ0n) is 6.45. The summed E-state index contributed by atoms with van der Waals surface area (Å²) >= 11 is 1.93. The van der Waals surface area contributed by atoms with Gasteiger partial charge in [0, 0.05) is 10.1 Å². The number of fused-ring (bicyclic) bond motifs is 1. The van der Waals surface area contributed by atoms with Crippen LogP contribution in [0, 0.1) is 0 Å². The van der Waals surface area contributed by atoms with E-state index in [1.54, 1.807) is 0 Å². The van der Waals surface area contributed by atoms with Crippen molar-refractivity contribution in [3.8, 4) is 0 Å². The molecule has 56 valence electrons. The molecule has 0 fully saturated rings. The largest absolute Gasteiger partial charge is 0.118 e. The lowest BCUT2D eigenvalue weighted by molar-refractivity contribution is 1.22. The van der Waals surface area contributed by atoms with Crippen LogP contribution in [0.1, 0.15) is 12.5 Å². The van der Waals surface area contributed by atoms with E-state index in [-0.39, 0.29) is 0 Å². The van der Waals surface area contributed by atoms with Gasteiger partial charge in [-0.25, -0.2) is 0 Å². The van der Waals surface area contributed by atoms with Gasteiger partial charge in [0.15, 0.2) is 0 Å². The molecule has 0 radical (unpaired) electrons. The highest BCUT2D eigenvalue weighted by atomic mass is 32.2. The molecule has 0 aliphatic carbocycles. The van der Waals surface area contributed by atoms with Crippen molar-refractivity contribution in [3.63, 3.8) is 0 Å². The molecule has 0 N–H and O–H groups in total. The van der Waals surface area contributed by atoms with E-state index < -0.39 is 0 Å². The zero-order chi connectivity index (χ0) is 7.68. The molecule has 1 unspecified atom stereocenters. The molecule has 2 rings (SSSR count). The van der Waals surface area contributed by atoms with Crippen LogP contribution in [-0.4, -0.2) is 5.25 Å². The molecule has 0 saturated heterocycles. The van der Waals surface area contributed by atoms with E-state index in [0.717, 1.165) is 0 Å². The monoisotopic (exact) mass is 162 g/mol. The van der Waals surface area contributed by atoms with Gasteiger partial charge in [0.25, 0.3) is 0 Å². The Balaban J connectivity index is 2.46. The maximum atomic E-state index is 2.24. The highest BCUT2D eigenvalue weighted by Crippen LogP contribution is 2.32. The summed E-state index contributed by atoms with van der Waals surface area (Å²) in [6, 6.07) is 8.52. The van der Waals surface area contributed by atoms with Crippen molar-refractivity contribution >= 4 is 17.8 Å². The fourth-order valence-electron chi connectivity index (χ4n) is 1.20. The third-order valence-electron chi connectivity index (χ3n) is 1.78. The number of benzene rings is 1. The minimum atomic E-state index is 0.630. The quantitative estimate of drug-likeness (QED) is 0.564. The molecule has 1 heteroatoms. The normalized spacial score (nSPS) is 21.4. The second-order valence-electron chi connectivity index (χ2n) is 2.72. The fraction of sp³-hybridized carbons (Fsp3) is 0.200. The molecule has 0 saturated carbocycles. The Morgan fingerprint density at radius 2 is 2.09 bits per heavy atom. The maximum absolute atomic E-state index is 2.24. The van der Waals surface area contributed by atoms with Gasteiger partial charge in [-0.15, -0.1) is 11.8 Å². The van der Waals surface area contributed by atoms with Crippen LogP contribution in [0.4, 0.5) is 0 Å². The number of hydrogen-bond acceptors (Lipinski definition) is 1. The van der Waals surface area contributed by atoms with Gasteiger partial charge in [0.1, 0.15) is 0 Å². The lowest BCUT2D eigenvalue weighted by Crippen LogP contribution is -1.95. The van der Waals surface area contributed by atoms with Gasteiger partial charge in [0.2, 0.25) is 0 Å². The third kappa shape index (κ3) is 1.33. The molecular weight excluding hydrogens is 152 g/mol. The van der Waals surface area contributed by atoms with E-state index in [1.807, 2.05) is 11.8 Å². The van der Waals surface area contributed by atoms with Crippen LogP contribution in [0.25, 0.3) is 6.08 Å². The molecule has 1 aliphatic rings. The number of thioether (sulfide) groups is 1. The summed E-state index contributed by atoms with van der Waals surface area (Å²) in [6.45, 7) is 2.22. The van der Waals surface area contributed by atoms with Crippen LogP contribution in [0.15, 0.2) is 35.2 Å². The third-order valence-corrected chi connectivity index (χ3v) is 2.93. The van der Waals surface area contributed by atoms with Gasteiger partial charge in [-0.05, 0) is 18.6 Å². The Kier molecular flexibility index (Phi) is 1.74. The van der Waals surface area contributed by atoms with E-state index in [4.69, 9.17) is 0 Å². The molecule has 0 bridgehead atoms. The summed E-state index contributed by atoms with van der Waals surface area (Å²) in [4.78, 5) is 1.41. The van der Waals surface area contributed by atoms with Crippen LogP contribution in [0.3, 0.4) is 0 Å². The van der Waals surface area contributed by atoms with Gasteiger partial charge in [-0.3, -0.25) is 0 Å². The number of hydrogen-bond donors (Lipinski definition) is 0. The van der Waals surface area contributed by atoms with Crippen LogP contribution >= 0.6 is 11.8 Å². The van der Waals surface area contributed by atoms with Crippen LogP contribution in [0.2, 0.25) is 0 Å². The first-order valence-corrected chi connectivity index (χ1v) is 4.68. The Labute approximate surface area is 71.3 Å². The second kappa shape index (κ2) is 2.74. The van der Waals surface area contributed by atoms with Gasteiger partial charge >= 0.3 is 0 Å². The molecular formula is C10H10S. The smallest absolute Gasteiger partial charge is 0.0249 e. The van der Waals surface area contributed by atoms with Crippen molar-refractivity contribution in [2.45, 2.75) is 17.1 Å². The summed E-state index contributed by atoms with van der Waals surface area (Å²) < 4.78 is 0. The second-order valence-corrected chi connectivity index (χ2v) is 4.14. The first-order chi connectivity index (χ1) is 5.36. The molecule has 0 amide bonds. The van der Waals surface area contributed by atoms with E-state index >= 15 is 0 Å². The number of rotatable bonds is 0. The molecule has 1 heterocycles. The van der Waals surface area contributed by atoms with Crippen LogP contribution in [0.5, 0.6) is 0 Å². The van der Waals surface area contributed by atoms with Gasteiger partial charge in [-0.2, -0.15) is 0 Å². The fourth-order valence-corrected chi connectivity index (χ4v) is 2.19. The average Bonchev–Trinajstić information content (AvgIpc) is 2.04. The highest BCUT2D eigenvalue weighted by Gasteiger charge is 2.08. The van der Waals surface area contributed by atoms with Crippen molar-refractivity contribution in [1.82, 2.24) is 0 Å².